The normalized spacial score (nSPS) is 14.5. The summed E-state index contributed by atoms with van der Waals surface area (Å²) in [4.78, 5) is 12.6. The second-order valence-corrected chi connectivity index (χ2v) is 6.43. The van der Waals surface area contributed by atoms with Crippen LogP contribution in [0.3, 0.4) is 0 Å². The van der Waals surface area contributed by atoms with E-state index in [9.17, 15) is 4.79 Å². The molecule has 7 heteroatoms. The largest absolute Gasteiger partial charge is 0.310 e. The molecule has 0 spiro atoms. The predicted molar refractivity (Wildman–Crippen MR) is 91.3 cm³/mol. The Labute approximate surface area is 141 Å². The van der Waals surface area contributed by atoms with Crippen LogP contribution in [0.2, 0.25) is 5.02 Å². The first kappa shape index (κ1) is 13.7. The van der Waals surface area contributed by atoms with E-state index >= 15 is 0 Å². The van der Waals surface area contributed by atoms with Gasteiger partial charge in [-0.3, -0.25) is 4.79 Å². The molecular formula is C17H12ClN5O. The average molecular weight is 338 g/mol. The molecule has 1 aliphatic carbocycles. The van der Waals surface area contributed by atoms with Gasteiger partial charge in [0.2, 0.25) is 0 Å². The van der Waals surface area contributed by atoms with Gasteiger partial charge in [0.1, 0.15) is 5.52 Å². The molecule has 4 aromatic rings. The fraction of sp³-hybridized carbons (Fsp3) is 0.176. The molecule has 0 N–H and O–H groups in total. The van der Waals surface area contributed by atoms with Crippen LogP contribution in [-0.2, 0) is 0 Å². The second kappa shape index (κ2) is 4.88. The number of rotatable bonds is 2. The van der Waals surface area contributed by atoms with Crippen molar-refractivity contribution < 1.29 is 0 Å². The van der Waals surface area contributed by atoms with Crippen LogP contribution in [0.1, 0.15) is 18.9 Å². The Balaban J connectivity index is 1.76. The Kier molecular flexibility index (Phi) is 2.78. The molecule has 118 valence electrons. The van der Waals surface area contributed by atoms with Crippen LogP contribution in [-0.4, -0.2) is 24.4 Å². The van der Waals surface area contributed by atoms with Crippen LogP contribution in [0, 0.1) is 0 Å². The topological polar surface area (TPSA) is 65.1 Å². The lowest BCUT2D eigenvalue weighted by Gasteiger charge is -2.05. The lowest BCUT2D eigenvalue weighted by molar-refractivity contribution is 0.709. The fourth-order valence-corrected chi connectivity index (χ4v) is 3.11. The minimum atomic E-state index is -0.104. The van der Waals surface area contributed by atoms with Crippen LogP contribution < -0.4 is 5.56 Å². The maximum Gasteiger partial charge on any atom is 0.280 e. The molecule has 0 unspecified atom stereocenters. The van der Waals surface area contributed by atoms with Crippen LogP contribution >= 0.6 is 11.6 Å². The molecule has 1 fully saturated rings. The zero-order valence-electron chi connectivity index (χ0n) is 12.6. The molecular weight excluding hydrogens is 326 g/mol. The van der Waals surface area contributed by atoms with Crippen molar-refractivity contribution in [2.45, 2.75) is 18.9 Å². The van der Waals surface area contributed by atoms with E-state index in [-0.39, 0.29) is 5.56 Å². The molecule has 24 heavy (non-hydrogen) atoms. The van der Waals surface area contributed by atoms with Gasteiger partial charge >= 0.3 is 0 Å². The first-order valence-electron chi connectivity index (χ1n) is 7.73. The Morgan fingerprint density at radius 3 is 2.62 bits per heavy atom. The molecule has 0 atom stereocenters. The highest BCUT2D eigenvalue weighted by Gasteiger charge is 2.25. The van der Waals surface area contributed by atoms with Gasteiger partial charge in [-0.15, -0.1) is 10.2 Å². The smallest absolute Gasteiger partial charge is 0.280 e. The first-order chi connectivity index (χ1) is 11.7. The lowest BCUT2D eigenvalue weighted by Crippen LogP contribution is -2.20. The summed E-state index contributed by atoms with van der Waals surface area (Å²) in [6.45, 7) is 0. The van der Waals surface area contributed by atoms with Gasteiger partial charge in [0, 0.05) is 22.8 Å². The van der Waals surface area contributed by atoms with Gasteiger partial charge in [-0.2, -0.15) is 5.10 Å². The van der Waals surface area contributed by atoms with Crippen molar-refractivity contribution in [1.82, 2.24) is 24.4 Å². The Morgan fingerprint density at radius 1 is 1.08 bits per heavy atom. The van der Waals surface area contributed by atoms with Crippen LogP contribution in [0.25, 0.3) is 27.8 Å². The van der Waals surface area contributed by atoms with Crippen molar-refractivity contribution in [3.63, 3.8) is 0 Å². The fourth-order valence-electron chi connectivity index (χ4n) is 2.98. The Bertz CT molecular complexity index is 1140. The lowest BCUT2D eigenvalue weighted by atomic mass is 10.1. The number of pyridine rings is 1. The van der Waals surface area contributed by atoms with Crippen LogP contribution in [0.5, 0.6) is 0 Å². The number of hydrogen-bond donors (Lipinski definition) is 0. The highest BCUT2D eigenvalue weighted by molar-refractivity contribution is 6.30. The van der Waals surface area contributed by atoms with Crippen molar-refractivity contribution in [1.29, 1.82) is 0 Å². The molecule has 0 saturated heterocycles. The van der Waals surface area contributed by atoms with E-state index in [2.05, 4.69) is 15.3 Å². The van der Waals surface area contributed by atoms with Gasteiger partial charge in [0.15, 0.2) is 11.2 Å². The molecule has 0 amide bonds. The summed E-state index contributed by atoms with van der Waals surface area (Å²) < 4.78 is 3.41. The molecule has 3 aromatic heterocycles. The molecule has 0 aliphatic heterocycles. The third-order valence-electron chi connectivity index (χ3n) is 4.38. The standard InChI is InChI=1S/C17H12ClN5O/c18-11-3-1-10(2-4-11)13-9-19-23-14-7-8-22(12-5-6-12)17(24)15(14)20-21-16(13)23/h1-4,7-9,12H,5-6H2. The molecule has 1 saturated carbocycles. The Hall–Kier alpha value is -2.73. The van der Waals surface area contributed by atoms with Gasteiger partial charge in [-0.25, -0.2) is 4.52 Å². The van der Waals surface area contributed by atoms with Crippen molar-refractivity contribution >= 4 is 28.3 Å². The quantitative estimate of drug-likeness (QED) is 0.564. The summed E-state index contributed by atoms with van der Waals surface area (Å²) in [5.41, 5.74) is 3.34. The van der Waals surface area contributed by atoms with Crippen molar-refractivity contribution in [3.8, 4) is 11.1 Å². The van der Waals surface area contributed by atoms with E-state index in [0.717, 1.165) is 24.0 Å². The maximum atomic E-state index is 12.6. The van der Waals surface area contributed by atoms with Gasteiger partial charge in [-0.1, -0.05) is 23.7 Å². The molecule has 6 nitrogen and oxygen atoms in total. The number of aromatic nitrogens is 5. The van der Waals surface area contributed by atoms with Gasteiger partial charge in [0.25, 0.3) is 5.56 Å². The molecule has 1 aliphatic rings. The average Bonchev–Trinajstić information content (AvgIpc) is 3.34. The van der Waals surface area contributed by atoms with E-state index in [1.807, 2.05) is 36.5 Å². The molecule has 0 bridgehead atoms. The highest BCUT2D eigenvalue weighted by atomic mass is 35.5. The van der Waals surface area contributed by atoms with E-state index in [1.165, 1.54) is 0 Å². The van der Waals surface area contributed by atoms with E-state index in [1.54, 1.807) is 15.3 Å². The first-order valence-corrected chi connectivity index (χ1v) is 8.11. The summed E-state index contributed by atoms with van der Waals surface area (Å²) in [6, 6.07) is 9.66. The number of fused-ring (bicyclic) bond motifs is 3. The van der Waals surface area contributed by atoms with Crippen LogP contribution in [0.15, 0.2) is 47.5 Å². The summed E-state index contributed by atoms with van der Waals surface area (Å²) >= 11 is 5.95. The Morgan fingerprint density at radius 2 is 1.88 bits per heavy atom. The third-order valence-corrected chi connectivity index (χ3v) is 4.64. The maximum absolute atomic E-state index is 12.6. The molecule has 5 rings (SSSR count). The van der Waals surface area contributed by atoms with Gasteiger partial charge in [0.05, 0.1) is 6.20 Å². The van der Waals surface area contributed by atoms with Crippen LogP contribution in [0.4, 0.5) is 0 Å². The second-order valence-electron chi connectivity index (χ2n) is 5.99. The van der Waals surface area contributed by atoms with E-state index < -0.39 is 0 Å². The van der Waals surface area contributed by atoms with Gasteiger partial charge in [-0.05, 0) is 36.6 Å². The van der Waals surface area contributed by atoms with Crippen molar-refractivity contribution in [2.24, 2.45) is 0 Å². The zero-order chi connectivity index (χ0) is 16.3. The van der Waals surface area contributed by atoms with Crippen molar-refractivity contribution in [3.05, 3.63) is 58.1 Å². The summed E-state index contributed by atoms with van der Waals surface area (Å²) in [6.07, 6.45) is 5.65. The van der Waals surface area contributed by atoms with E-state index in [0.29, 0.717) is 27.7 Å². The molecule has 1 aromatic carbocycles. The van der Waals surface area contributed by atoms with E-state index in [4.69, 9.17) is 11.6 Å². The van der Waals surface area contributed by atoms with Gasteiger partial charge < -0.3 is 4.57 Å². The predicted octanol–water partition coefficient (Wildman–Crippen LogP) is 3.09. The third kappa shape index (κ3) is 1.96. The number of nitrogens with zero attached hydrogens (tertiary/aromatic N) is 5. The summed E-state index contributed by atoms with van der Waals surface area (Å²) in [5, 5.41) is 13.5. The monoisotopic (exact) mass is 337 g/mol. The highest BCUT2D eigenvalue weighted by Crippen LogP contribution is 2.33. The summed E-state index contributed by atoms with van der Waals surface area (Å²) in [5.74, 6) is 0. The molecule has 0 radical (unpaired) electrons. The number of hydrogen-bond acceptors (Lipinski definition) is 4. The SMILES string of the molecule is O=c1c2nnc3c(-c4ccc(Cl)cc4)cnn3c2ccn1C1CC1. The zero-order valence-corrected chi connectivity index (χ0v) is 13.3. The minimum Gasteiger partial charge on any atom is -0.310 e. The van der Waals surface area contributed by atoms with Crippen molar-refractivity contribution in [2.75, 3.05) is 0 Å². The minimum absolute atomic E-state index is 0.104. The number of halogens is 1. The molecule has 3 heterocycles. The summed E-state index contributed by atoms with van der Waals surface area (Å²) in [7, 11) is 0. The number of benzene rings is 1.